The van der Waals surface area contributed by atoms with Crippen LogP contribution in [0.3, 0.4) is 0 Å². The molecule has 0 saturated heterocycles. The molecule has 2 aromatic heterocycles. The van der Waals surface area contributed by atoms with E-state index in [4.69, 9.17) is 4.98 Å². The van der Waals surface area contributed by atoms with Crippen molar-refractivity contribution >= 4 is 70.3 Å². The van der Waals surface area contributed by atoms with Crippen LogP contribution in [0, 0.1) is 0 Å². The van der Waals surface area contributed by atoms with Crippen LogP contribution in [0.2, 0.25) is 0 Å². The van der Waals surface area contributed by atoms with Gasteiger partial charge in [-0.2, -0.15) is 0 Å². The Balaban J connectivity index is 1.36. The van der Waals surface area contributed by atoms with Crippen molar-refractivity contribution in [3.8, 4) is 22.4 Å². The minimum atomic E-state index is 0.954. The van der Waals surface area contributed by atoms with Gasteiger partial charge in [0.15, 0.2) is 0 Å². The molecule has 0 radical (unpaired) electrons. The van der Waals surface area contributed by atoms with Crippen LogP contribution in [-0.2, 0) is 0 Å². The monoisotopic (exact) mass is 544 g/mol. The summed E-state index contributed by atoms with van der Waals surface area (Å²) in [6.45, 7) is 0. The summed E-state index contributed by atoms with van der Waals surface area (Å²) >= 11 is 0. The Morgan fingerprint density at radius 2 is 0.977 bits per heavy atom. The van der Waals surface area contributed by atoms with E-state index >= 15 is 0 Å². The predicted molar refractivity (Wildman–Crippen MR) is 182 cm³/mol. The molecule has 2 heteroatoms. The summed E-state index contributed by atoms with van der Waals surface area (Å²) < 4.78 is 2.08. The van der Waals surface area contributed by atoms with Crippen molar-refractivity contribution in [2.45, 2.75) is 0 Å². The largest absolute Gasteiger partial charge is 0.306 e. The van der Waals surface area contributed by atoms with Gasteiger partial charge >= 0.3 is 0 Å². The second kappa shape index (κ2) is 8.40. The minimum Gasteiger partial charge on any atom is -0.306 e. The topological polar surface area (TPSA) is 17.3 Å². The molecule has 0 saturated carbocycles. The van der Waals surface area contributed by atoms with Gasteiger partial charge in [-0.05, 0) is 106 Å². The lowest BCUT2D eigenvalue weighted by Crippen LogP contribution is -1.89. The quantitative estimate of drug-likeness (QED) is 0.198. The summed E-state index contributed by atoms with van der Waals surface area (Å²) in [7, 11) is 0. The van der Waals surface area contributed by atoms with Crippen molar-refractivity contribution in [3.05, 3.63) is 146 Å². The molecule has 198 valence electrons. The summed E-state index contributed by atoms with van der Waals surface area (Å²) in [6, 6.07) is 49.1. The smallest absolute Gasteiger partial charge is 0.137 e. The summed E-state index contributed by atoms with van der Waals surface area (Å²) in [5, 5.41) is 15.6. The molecule has 0 aliphatic carbocycles. The number of rotatable bonds is 2. The van der Waals surface area contributed by atoms with Gasteiger partial charge in [0.1, 0.15) is 5.65 Å². The van der Waals surface area contributed by atoms with Gasteiger partial charge in [0, 0.05) is 18.0 Å². The lowest BCUT2D eigenvalue weighted by molar-refractivity contribution is 1.19. The highest BCUT2D eigenvalue weighted by atomic mass is 15.0. The standard InChI is InChI=1S/C41H24N2/c1-2-20-43-24-36(42-37(43)15-1)29-11-3-10-28(21-29)31-22-30-19-18-27-8-5-13-33-32-12-4-7-25-16-17-26-9-6-14-34(40(26)38(25)32)35(23-31)41(30)39(27)33/h1-24H. The molecule has 2 nitrogen and oxygen atoms in total. The average Bonchev–Trinajstić information content (AvgIpc) is 3.51. The highest BCUT2D eigenvalue weighted by Gasteiger charge is 2.16. The third-order valence-corrected chi connectivity index (χ3v) is 9.28. The molecule has 8 aromatic carbocycles. The van der Waals surface area contributed by atoms with Crippen molar-refractivity contribution in [2.24, 2.45) is 0 Å². The van der Waals surface area contributed by atoms with E-state index < -0.39 is 0 Å². The number of hydrogen-bond donors (Lipinski definition) is 0. The Bertz CT molecular complexity index is 2690. The zero-order chi connectivity index (χ0) is 28.1. The Hall–Kier alpha value is -5.73. The first-order chi connectivity index (χ1) is 21.3. The van der Waals surface area contributed by atoms with Crippen molar-refractivity contribution < 1.29 is 0 Å². The van der Waals surface area contributed by atoms with Crippen molar-refractivity contribution in [2.75, 3.05) is 0 Å². The minimum absolute atomic E-state index is 0.954. The predicted octanol–water partition coefficient (Wildman–Crippen LogP) is 11.0. The molecule has 0 spiro atoms. The first-order valence-corrected chi connectivity index (χ1v) is 14.8. The van der Waals surface area contributed by atoms with Crippen LogP contribution in [0.25, 0.3) is 92.7 Å². The zero-order valence-electron chi connectivity index (χ0n) is 23.3. The Morgan fingerprint density at radius 1 is 0.395 bits per heavy atom. The number of benzene rings is 7. The van der Waals surface area contributed by atoms with E-state index in [2.05, 4.69) is 126 Å². The SMILES string of the molecule is c1cc(-c2cc3ccc4cccc5c6cccc7ccc8cccc(c(c2)c3c45)c8c76)cc(-c2cn3ccccc3n2)c1. The molecule has 0 atom stereocenters. The van der Waals surface area contributed by atoms with E-state index in [9.17, 15) is 0 Å². The van der Waals surface area contributed by atoms with Gasteiger partial charge in [0.2, 0.25) is 0 Å². The number of hydrogen-bond acceptors (Lipinski definition) is 1. The molecular formula is C41H24N2. The summed E-state index contributed by atoms with van der Waals surface area (Å²) in [4.78, 5) is 4.90. The first-order valence-electron chi connectivity index (χ1n) is 14.8. The molecule has 0 bridgehead atoms. The van der Waals surface area contributed by atoms with Gasteiger partial charge in [-0.1, -0.05) is 103 Å². The fraction of sp³-hybridized carbons (Fsp3) is 0. The first kappa shape index (κ1) is 22.9. The summed E-state index contributed by atoms with van der Waals surface area (Å²) in [5.74, 6) is 0. The second-order valence-electron chi connectivity index (χ2n) is 11.6. The van der Waals surface area contributed by atoms with E-state index in [0.717, 1.165) is 16.9 Å². The molecule has 10 aromatic rings. The van der Waals surface area contributed by atoms with Crippen molar-refractivity contribution in [1.82, 2.24) is 9.38 Å². The number of pyridine rings is 1. The lowest BCUT2D eigenvalue weighted by atomic mass is 9.86. The van der Waals surface area contributed by atoms with Crippen LogP contribution in [-0.4, -0.2) is 9.38 Å². The van der Waals surface area contributed by atoms with Crippen LogP contribution in [0.4, 0.5) is 0 Å². The van der Waals surface area contributed by atoms with Crippen LogP contribution in [0.1, 0.15) is 0 Å². The fourth-order valence-corrected chi connectivity index (χ4v) is 7.38. The van der Waals surface area contributed by atoms with E-state index in [1.807, 2.05) is 24.4 Å². The molecule has 10 rings (SSSR count). The maximum atomic E-state index is 4.90. The molecule has 0 N–H and O–H groups in total. The Labute approximate surface area is 247 Å². The molecule has 2 heterocycles. The van der Waals surface area contributed by atoms with E-state index in [0.29, 0.717) is 0 Å². The van der Waals surface area contributed by atoms with Gasteiger partial charge in [0.05, 0.1) is 5.69 Å². The van der Waals surface area contributed by atoms with Crippen LogP contribution >= 0.6 is 0 Å². The van der Waals surface area contributed by atoms with Gasteiger partial charge in [-0.3, -0.25) is 0 Å². The summed E-state index contributed by atoms with van der Waals surface area (Å²) in [5.41, 5.74) is 5.45. The maximum absolute atomic E-state index is 4.90. The van der Waals surface area contributed by atoms with Crippen LogP contribution in [0.5, 0.6) is 0 Å². The molecule has 43 heavy (non-hydrogen) atoms. The highest BCUT2D eigenvalue weighted by molar-refractivity contribution is 6.37. The van der Waals surface area contributed by atoms with Gasteiger partial charge in [-0.15, -0.1) is 0 Å². The van der Waals surface area contributed by atoms with Crippen LogP contribution < -0.4 is 0 Å². The molecule has 0 amide bonds. The zero-order valence-corrected chi connectivity index (χ0v) is 23.3. The molecule has 0 fully saturated rings. The molecular weight excluding hydrogens is 520 g/mol. The van der Waals surface area contributed by atoms with Crippen molar-refractivity contribution in [3.63, 3.8) is 0 Å². The second-order valence-corrected chi connectivity index (χ2v) is 11.6. The van der Waals surface area contributed by atoms with E-state index in [1.54, 1.807) is 0 Å². The fourth-order valence-electron chi connectivity index (χ4n) is 7.38. The Kier molecular flexibility index (Phi) is 4.48. The van der Waals surface area contributed by atoms with Gasteiger partial charge in [-0.25, -0.2) is 4.98 Å². The van der Waals surface area contributed by atoms with Gasteiger partial charge < -0.3 is 4.40 Å². The molecule has 0 aliphatic rings. The van der Waals surface area contributed by atoms with Gasteiger partial charge in [0.25, 0.3) is 0 Å². The van der Waals surface area contributed by atoms with Crippen molar-refractivity contribution in [1.29, 1.82) is 0 Å². The third-order valence-electron chi connectivity index (χ3n) is 9.28. The highest BCUT2D eigenvalue weighted by Crippen LogP contribution is 2.44. The maximum Gasteiger partial charge on any atom is 0.137 e. The van der Waals surface area contributed by atoms with E-state index in [1.165, 1.54) is 75.8 Å². The molecule has 0 unspecified atom stereocenters. The summed E-state index contributed by atoms with van der Waals surface area (Å²) in [6.07, 6.45) is 4.16. The normalized spacial score (nSPS) is 12.2. The Morgan fingerprint density at radius 3 is 1.65 bits per heavy atom. The lowest BCUT2D eigenvalue weighted by Gasteiger charge is -2.17. The number of nitrogens with zero attached hydrogens (tertiary/aromatic N) is 2. The van der Waals surface area contributed by atoms with E-state index in [-0.39, 0.29) is 0 Å². The molecule has 0 aliphatic heterocycles. The number of imidazole rings is 1. The third kappa shape index (κ3) is 3.21. The number of aromatic nitrogens is 2. The number of fused-ring (bicyclic) bond motifs is 3. The average molecular weight is 545 g/mol. The van der Waals surface area contributed by atoms with Crippen LogP contribution in [0.15, 0.2) is 146 Å².